The van der Waals surface area contributed by atoms with Gasteiger partial charge in [-0.25, -0.2) is 13.6 Å². The van der Waals surface area contributed by atoms with Gasteiger partial charge in [0.1, 0.15) is 11.3 Å². The third-order valence-electron chi connectivity index (χ3n) is 1.88. The molecule has 0 unspecified atom stereocenters. The lowest BCUT2D eigenvalue weighted by molar-refractivity contribution is -0.276. The number of aromatic amines is 1. The molecule has 0 aromatic carbocycles. The standard InChI is InChI=1S/C9H6F5NO4/c1-18-8(17)3-2-4(16)5(6(10)11)7(15-3)19-9(12,13)14/h2,6H,1H3,(H,15,16). The van der Waals surface area contributed by atoms with Gasteiger partial charge in [0.25, 0.3) is 6.43 Å². The molecule has 0 fully saturated rings. The van der Waals surface area contributed by atoms with E-state index in [-0.39, 0.29) is 0 Å². The van der Waals surface area contributed by atoms with Crippen LogP contribution in [0.2, 0.25) is 0 Å². The first kappa shape index (κ1) is 14.9. The number of pyridine rings is 1. The molecule has 1 heterocycles. The summed E-state index contributed by atoms with van der Waals surface area (Å²) in [4.78, 5) is 23.9. The minimum Gasteiger partial charge on any atom is -0.464 e. The van der Waals surface area contributed by atoms with Crippen molar-refractivity contribution >= 4 is 5.97 Å². The fourth-order valence-electron chi connectivity index (χ4n) is 1.17. The van der Waals surface area contributed by atoms with E-state index in [9.17, 15) is 31.5 Å². The normalized spacial score (nSPS) is 11.5. The van der Waals surface area contributed by atoms with Gasteiger partial charge in [-0.2, -0.15) is 0 Å². The van der Waals surface area contributed by atoms with Crippen LogP contribution in [-0.4, -0.2) is 24.4 Å². The van der Waals surface area contributed by atoms with Crippen LogP contribution < -0.4 is 10.2 Å². The van der Waals surface area contributed by atoms with E-state index in [0.717, 1.165) is 7.11 Å². The van der Waals surface area contributed by atoms with Gasteiger partial charge in [0.05, 0.1) is 7.11 Å². The Morgan fingerprint density at radius 1 is 1.37 bits per heavy atom. The van der Waals surface area contributed by atoms with Crippen molar-refractivity contribution < 1.29 is 36.2 Å². The number of carbonyl (C=O) groups is 1. The lowest BCUT2D eigenvalue weighted by atomic mass is 10.2. The summed E-state index contributed by atoms with van der Waals surface area (Å²) in [6, 6.07) is 0.399. The average Bonchev–Trinajstić information content (AvgIpc) is 2.24. The molecular formula is C9H6F5NO4. The summed E-state index contributed by atoms with van der Waals surface area (Å²) in [5.74, 6) is -2.75. The minimum absolute atomic E-state index is 0.399. The molecule has 0 saturated heterocycles. The summed E-state index contributed by atoms with van der Waals surface area (Å²) in [7, 11) is 0.895. The zero-order valence-electron chi connectivity index (χ0n) is 9.18. The van der Waals surface area contributed by atoms with E-state index in [1.807, 2.05) is 0 Å². The molecule has 0 aliphatic carbocycles. The Hall–Kier alpha value is -2.13. The second kappa shape index (κ2) is 5.24. The maximum Gasteiger partial charge on any atom is 0.574 e. The quantitative estimate of drug-likeness (QED) is 0.682. The topological polar surface area (TPSA) is 68.4 Å². The summed E-state index contributed by atoms with van der Waals surface area (Å²) in [5, 5.41) is 0. The highest BCUT2D eigenvalue weighted by Gasteiger charge is 2.35. The molecule has 1 rings (SSSR count). The number of nitrogens with one attached hydrogen (secondary N) is 1. The predicted molar refractivity (Wildman–Crippen MR) is 50.0 cm³/mol. The monoisotopic (exact) mass is 287 g/mol. The Balaban J connectivity index is 3.42. The number of H-pyrrole nitrogens is 1. The Bertz CT molecular complexity index is 536. The van der Waals surface area contributed by atoms with Gasteiger partial charge in [0, 0.05) is 6.07 Å². The molecule has 0 amide bonds. The largest absolute Gasteiger partial charge is 0.574 e. The maximum absolute atomic E-state index is 12.5. The van der Waals surface area contributed by atoms with E-state index in [4.69, 9.17) is 0 Å². The minimum atomic E-state index is -5.30. The van der Waals surface area contributed by atoms with Crippen LogP contribution in [0.1, 0.15) is 22.5 Å². The first-order chi connectivity index (χ1) is 8.65. The molecule has 0 spiro atoms. The van der Waals surface area contributed by atoms with Crippen LogP contribution >= 0.6 is 0 Å². The number of alkyl halides is 5. The smallest absolute Gasteiger partial charge is 0.464 e. The van der Waals surface area contributed by atoms with Gasteiger partial charge in [0.15, 0.2) is 5.43 Å². The van der Waals surface area contributed by atoms with Gasteiger partial charge in [-0.3, -0.25) is 4.79 Å². The molecule has 1 N–H and O–H groups in total. The third kappa shape index (κ3) is 3.66. The predicted octanol–water partition coefficient (Wildman–Crippen LogP) is 2.00. The molecule has 0 aliphatic heterocycles. The lowest BCUT2D eigenvalue weighted by Gasteiger charge is -2.13. The highest BCUT2D eigenvalue weighted by Crippen LogP contribution is 2.29. The molecule has 1 aromatic rings. The molecular weight excluding hydrogens is 281 g/mol. The van der Waals surface area contributed by atoms with Crippen molar-refractivity contribution in [3.63, 3.8) is 0 Å². The molecule has 106 valence electrons. The second-order valence-electron chi connectivity index (χ2n) is 3.13. The Labute approximate surface area is 101 Å². The van der Waals surface area contributed by atoms with Gasteiger partial charge < -0.3 is 14.5 Å². The highest BCUT2D eigenvalue weighted by molar-refractivity contribution is 5.87. The van der Waals surface area contributed by atoms with E-state index in [1.54, 1.807) is 4.98 Å². The van der Waals surface area contributed by atoms with E-state index in [1.165, 1.54) is 0 Å². The van der Waals surface area contributed by atoms with Crippen LogP contribution in [0.15, 0.2) is 10.9 Å². The molecule has 5 nitrogen and oxygen atoms in total. The summed E-state index contributed by atoms with van der Waals surface area (Å²) in [6.07, 6.45) is -8.81. The van der Waals surface area contributed by atoms with Crippen LogP contribution in [0, 0.1) is 0 Å². The lowest BCUT2D eigenvalue weighted by Crippen LogP contribution is -2.24. The van der Waals surface area contributed by atoms with Crippen molar-refractivity contribution in [1.82, 2.24) is 4.98 Å². The Morgan fingerprint density at radius 3 is 2.37 bits per heavy atom. The number of halogens is 5. The van der Waals surface area contributed by atoms with Gasteiger partial charge in [-0.05, 0) is 0 Å². The molecule has 0 bridgehead atoms. The maximum atomic E-state index is 12.5. The number of aromatic nitrogens is 1. The van der Waals surface area contributed by atoms with E-state index in [0.29, 0.717) is 6.07 Å². The fraction of sp³-hybridized carbons (Fsp3) is 0.333. The van der Waals surface area contributed by atoms with Gasteiger partial charge in [-0.15, -0.1) is 13.2 Å². The molecule has 0 atom stereocenters. The van der Waals surface area contributed by atoms with Gasteiger partial charge >= 0.3 is 12.3 Å². The Morgan fingerprint density at radius 2 is 1.95 bits per heavy atom. The molecule has 0 aliphatic rings. The summed E-state index contributed by atoms with van der Waals surface area (Å²) < 4.78 is 68.5. The van der Waals surface area contributed by atoms with Crippen LogP contribution in [0.4, 0.5) is 22.0 Å². The van der Waals surface area contributed by atoms with Crippen molar-refractivity contribution in [2.75, 3.05) is 7.11 Å². The van der Waals surface area contributed by atoms with Crippen LogP contribution in [0.5, 0.6) is 5.88 Å². The number of ether oxygens (including phenoxy) is 2. The number of esters is 1. The van der Waals surface area contributed by atoms with Crippen molar-refractivity contribution in [3.8, 4) is 5.88 Å². The number of hydrogen-bond donors (Lipinski definition) is 1. The van der Waals surface area contributed by atoms with Crippen molar-refractivity contribution in [1.29, 1.82) is 0 Å². The van der Waals surface area contributed by atoms with E-state index < -0.39 is 41.3 Å². The second-order valence-corrected chi connectivity index (χ2v) is 3.13. The number of hydrogen-bond acceptors (Lipinski definition) is 4. The van der Waals surface area contributed by atoms with Crippen molar-refractivity contribution in [3.05, 3.63) is 27.5 Å². The Kier molecular flexibility index (Phi) is 4.12. The van der Waals surface area contributed by atoms with E-state index >= 15 is 0 Å². The van der Waals surface area contributed by atoms with Crippen LogP contribution in [-0.2, 0) is 4.74 Å². The first-order valence-corrected chi connectivity index (χ1v) is 4.55. The molecule has 19 heavy (non-hydrogen) atoms. The summed E-state index contributed by atoms with van der Waals surface area (Å²) in [5.41, 5.74) is -3.74. The van der Waals surface area contributed by atoms with E-state index in [2.05, 4.69) is 9.47 Å². The third-order valence-corrected chi connectivity index (χ3v) is 1.88. The molecule has 10 heteroatoms. The van der Waals surface area contributed by atoms with Gasteiger partial charge in [-0.1, -0.05) is 0 Å². The zero-order chi connectivity index (χ0) is 14.8. The summed E-state index contributed by atoms with van der Waals surface area (Å²) in [6.45, 7) is 0. The fourth-order valence-corrected chi connectivity index (χ4v) is 1.17. The van der Waals surface area contributed by atoms with Crippen LogP contribution in [0.3, 0.4) is 0 Å². The highest BCUT2D eigenvalue weighted by atomic mass is 19.4. The summed E-state index contributed by atoms with van der Waals surface area (Å²) >= 11 is 0. The first-order valence-electron chi connectivity index (χ1n) is 4.55. The average molecular weight is 287 g/mol. The van der Waals surface area contributed by atoms with Crippen LogP contribution in [0.25, 0.3) is 0 Å². The molecule has 1 aromatic heterocycles. The van der Waals surface area contributed by atoms with Crippen molar-refractivity contribution in [2.45, 2.75) is 12.8 Å². The molecule has 0 radical (unpaired) electrons. The number of rotatable bonds is 3. The molecule has 0 saturated carbocycles. The SMILES string of the molecule is COC(=O)c1cc(=O)c(C(F)F)c(OC(F)(F)F)[nH]1. The number of carbonyl (C=O) groups excluding carboxylic acids is 1. The van der Waals surface area contributed by atoms with Gasteiger partial charge in [0.2, 0.25) is 5.88 Å². The zero-order valence-corrected chi connectivity index (χ0v) is 9.18. The number of methoxy groups -OCH3 is 1. The van der Waals surface area contributed by atoms with Crippen molar-refractivity contribution in [2.24, 2.45) is 0 Å².